The zero-order chi connectivity index (χ0) is 35.0. The number of ether oxygens (including phenoxy) is 2. The van der Waals surface area contributed by atoms with Crippen LogP contribution in [0.4, 0.5) is 5.82 Å². The molecule has 0 unspecified atom stereocenters. The number of anilines is 1. The van der Waals surface area contributed by atoms with Gasteiger partial charge in [0.2, 0.25) is 11.8 Å². The fourth-order valence-corrected chi connectivity index (χ4v) is 7.43. The number of piperidine rings is 1. The first-order valence-corrected chi connectivity index (χ1v) is 17.9. The highest BCUT2D eigenvalue weighted by Gasteiger charge is 2.64. The number of carbonyl (C=O) groups is 3. The van der Waals surface area contributed by atoms with Gasteiger partial charge in [-0.25, -0.2) is 15.0 Å². The highest BCUT2D eigenvalue weighted by atomic mass is 79.9. The second-order valence-electron chi connectivity index (χ2n) is 13.7. The molecule has 0 radical (unpaired) electrons. The largest absolute Gasteiger partial charge is 0.463 e. The monoisotopic (exact) mass is 741 g/mol. The number of fused-ring (bicyclic) bond motifs is 13. The average molecular weight is 743 g/mol. The molecule has 1 aromatic carbocycles. The zero-order valence-electron chi connectivity index (χ0n) is 28.4. The van der Waals surface area contributed by atoms with Gasteiger partial charge in [-0.1, -0.05) is 25.1 Å². The molecule has 3 aromatic heterocycles. The van der Waals surface area contributed by atoms with Crippen molar-refractivity contribution in [2.45, 2.75) is 84.5 Å². The van der Waals surface area contributed by atoms with Crippen molar-refractivity contribution in [3.8, 4) is 17.1 Å². The van der Waals surface area contributed by atoms with E-state index in [2.05, 4.69) is 49.2 Å². The number of hydrogen-bond acceptors (Lipinski definition) is 9. The summed E-state index contributed by atoms with van der Waals surface area (Å²) in [5.41, 5.74) is 3.88. The number of likely N-dealkylation sites (tertiary alicyclic amines) is 1. The summed E-state index contributed by atoms with van der Waals surface area (Å²) in [5.74, 6) is -0.281. The molecule has 6 heterocycles. The van der Waals surface area contributed by atoms with Gasteiger partial charge in [0.05, 0.1) is 25.3 Å². The second kappa shape index (κ2) is 14.0. The second-order valence-corrected chi connectivity index (χ2v) is 14.5. The minimum Gasteiger partial charge on any atom is -0.463 e. The summed E-state index contributed by atoms with van der Waals surface area (Å²) in [7, 11) is 0. The molecular weight excluding hydrogens is 702 g/mol. The van der Waals surface area contributed by atoms with Crippen molar-refractivity contribution in [2.24, 2.45) is 5.41 Å². The molecule has 2 fully saturated rings. The Labute approximate surface area is 298 Å². The number of nitrogens with zero attached hydrogens (tertiary/aromatic N) is 6. The van der Waals surface area contributed by atoms with E-state index in [4.69, 9.17) is 14.6 Å². The first-order chi connectivity index (χ1) is 24.1. The van der Waals surface area contributed by atoms with Crippen molar-refractivity contribution < 1.29 is 23.9 Å². The number of ketones is 1. The van der Waals surface area contributed by atoms with Gasteiger partial charge in [-0.05, 0) is 96.1 Å². The van der Waals surface area contributed by atoms with Crippen LogP contribution in [0.3, 0.4) is 0 Å². The van der Waals surface area contributed by atoms with E-state index in [-0.39, 0.29) is 47.9 Å². The fraction of sp³-hybridized carbons (Fsp3) is 0.432. The Kier molecular flexibility index (Phi) is 9.53. The zero-order valence-corrected chi connectivity index (χ0v) is 30.0. The van der Waals surface area contributed by atoms with Gasteiger partial charge in [-0.15, -0.1) is 0 Å². The number of aromatic nitrogens is 5. The number of benzene rings is 1. The Hall–Kier alpha value is -4.49. The van der Waals surface area contributed by atoms with E-state index < -0.39 is 6.04 Å². The Morgan fingerprint density at radius 3 is 2.68 bits per heavy atom. The van der Waals surface area contributed by atoms with Crippen LogP contribution in [-0.2, 0) is 27.5 Å². The summed E-state index contributed by atoms with van der Waals surface area (Å²) >= 11 is 3.38. The molecule has 0 spiro atoms. The van der Waals surface area contributed by atoms with Crippen LogP contribution in [0.2, 0.25) is 0 Å². The third-order valence-corrected chi connectivity index (χ3v) is 10.4. The molecular formula is C37H40BrN7O5. The molecule has 13 heteroatoms. The number of carbonyl (C=O) groups excluding carboxylic acids is 3. The maximum atomic E-state index is 14.3. The van der Waals surface area contributed by atoms with Crippen molar-refractivity contribution in [1.29, 1.82) is 0 Å². The standard InChI is InChI=1S/C37H40BrN7O5/c1-22-10-11-30(38)41-34(22)42-35(48)28-16-37(3)17-29(37)45(28)31(47)20-44-33-25-14-24(15-27(33)32(43-44)23(2)46)26-18-39-36(40-19-26)50-13-9-7-5-4-6-8-12-49-21-25/h6,8,10-11,14-15,18-19,28-29H,4-5,7,9,12-13,16-17,20-21H2,1-3H3,(H,41,42,48)/b8-6+/t28-,29+,37-/m0/s1. The molecule has 4 aliphatic rings. The normalized spacial score (nSPS) is 22.7. The van der Waals surface area contributed by atoms with Crippen LogP contribution in [0.1, 0.15) is 74.0 Å². The highest BCUT2D eigenvalue weighted by molar-refractivity contribution is 9.10. The highest BCUT2D eigenvalue weighted by Crippen LogP contribution is 2.59. The SMILES string of the molecule is CC(=O)c1nn(CC(=O)N2[C@H](C(=O)Nc3nc(Br)ccc3C)C[C@@]3(C)C[C@@H]23)c2c3cc(cc12)-c1cnc(nc1)OCCCCC/C=C/COC3. The average Bonchev–Trinajstić information content (AvgIpc) is 3.44. The molecule has 4 bridgehead atoms. The van der Waals surface area contributed by atoms with Gasteiger partial charge in [0.25, 0.3) is 0 Å². The molecule has 4 aromatic rings. The third kappa shape index (κ3) is 6.93. The van der Waals surface area contributed by atoms with E-state index in [1.807, 2.05) is 37.3 Å². The van der Waals surface area contributed by atoms with Crippen molar-refractivity contribution in [3.05, 3.63) is 70.2 Å². The van der Waals surface area contributed by atoms with Crippen molar-refractivity contribution in [2.75, 3.05) is 18.5 Å². The summed E-state index contributed by atoms with van der Waals surface area (Å²) in [6.07, 6.45) is 12.9. The quantitative estimate of drug-likeness (QED) is 0.144. The minimum absolute atomic E-state index is 0.0510. The van der Waals surface area contributed by atoms with Crippen molar-refractivity contribution >= 4 is 50.2 Å². The van der Waals surface area contributed by atoms with Crippen LogP contribution in [-0.4, -0.2) is 72.5 Å². The minimum atomic E-state index is -0.658. The van der Waals surface area contributed by atoms with E-state index in [0.29, 0.717) is 47.0 Å². The van der Waals surface area contributed by atoms with Crippen LogP contribution >= 0.6 is 15.9 Å². The molecule has 1 aliphatic carbocycles. The summed E-state index contributed by atoms with van der Waals surface area (Å²) in [4.78, 5) is 56.0. The van der Waals surface area contributed by atoms with Crippen LogP contribution in [0.25, 0.3) is 22.0 Å². The Morgan fingerprint density at radius 2 is 1.88 bits per heavy atom. The molecule has 3 aliphatic heterocycles. The van der Waals surface area contributed by atoms with Gasteiger partial charge in [-0.3, -0.25) is 19.1 Å². The molecule has 12 nitrogen and oxygen atoms in total. The lowest BCUT2D eigenvalue weighted by atomic mass is 10.0. The van der Waals surface area contributed by atoms with Crippen LogP contribution in [0, 0.1) is 12.3 Å². The molecule has 3 atom stereocenters. The van der Waals surface area contributed by atoms with Gasteiger partial charge in [0.15, 0.2) is 5.78 Å². The molecule has 1 saturated carbocycles. The predicted octanol–water partition coefficient (Wildman–Crippen LogP) is 6.21. The summed E-state index contributed by atoms with van der Waals surface area (Å²) < 4.78 is 14.1. The summed E-state index contributed by atoms with van der Waals surface area (Å²) in [6.45, 7) is 6.50. The topological polar surface area (TPSA) is 141 Å². The van der Waals surface area contributed by atoms with Gasteiger partial charge < -0.3 is 19.7 Å². The number of halogens is 1. The van der Waals surface area contributed by atoms with E-state index >= 15 is 0 Å². The van der Waals surface area contributed by atoms with E-state index in [1.165, 1.54) is 6.92 Å². The molecule has 8 rings (SSSR count). The number of pyridine rings is 1. The summed E-state index contributed by atoms with van der Waals surface area (Å²) in [6, 6.07) is 7.16. The lowest BCUT2D eigenvalue weighted by Crippen LogP contribution is -2.47. The number of nitrogens with one attached hydrogen (secondary N) is 1. The molecule has 260 valence electrons. The van der Waals surface area contributed by atoms with Gasteiger partial charge >= 0.3 is 6.01 Å². The van der Waals surface area contributed by atoms with Crippen molar-refractivity contribution in [1.82, 2.24) is 29.6 Å². The lowest BCUT2D eigenvalue weighted by Gasteiger charge is -2.27. The number of allylic oxidation sites excluding steroid dienone is 1. The summed E-state index contributed by atoms with van der Waals surface area (Å²) in [5, 5.41) is 8.27. The van der Waals surface area contributed by atoms with E-state index in [0.717, 1.165) is 54.4 Å². The molecule has 2 amide bonds. The van der Waals surface area contributed by atoms with Crippen LogP contribution < -0.4 is 10.1 Å². The number of hydrogen-bond donors (Lipinski definition) is 1. The first-order valence-electron chi connectivity index (χ1n) is 17.1. The number of rotatable bonds is 5. The number of aryl methyl sites for hydroxylation is 1. The Bertz CT molecular complexity index is 1990. The van der Waals surface area contributed by atoms with Crippen LogP contribution in [0.5, 0.6) is 6.01 Å². The smallest absolute Gasteiger partial charge is 0.316 e. The molecule has 1 N–H and O–H groups in total. The van der Waals surface area contributed by atoms with Crippen molar-refractivity contribution in [3.63, 3.8) is 0 Å². The van der Waals surface area contributed by atoms with E-state index in [9.17, 15) is 14.4 Å². The molecule has 50 heavy (non-hydrogen) atoms. The van der Waals surface area contributed by atoms with Gasteiger partial charge in [0, 0.05) is 41.9 Å². The lowest BCUT2D eigenvalue weighted by molar-refractivity contribution is -0.138. The third-order valence-electron chi connectivity index (χ3n) is 9.92. The maximum absolute atomic E-state index is 14.3. The molecule has 1 saturated heterocycles. The van der Waals surface area contributed by atoms with Gasteiger partial charge in [0.1, 0.15) is 28.7 Å². The Balaban J connectivity index is 1.23. The Morgan fingerprint density at radius 1 is 1.06 bits per heavy atom. The fourth-order valence-electron chi connectivity index (χ4n) is 7.12. The van der Waals surface area contributed by atoms with E-state index in [1.54, 1.807) is 22.0 Å². The predicted molar refractivity (Wildman–Crippen MR) is 191 cm³/mol. The number of amides is 2. The van der Waals surface area contributed by atoms with Crippen LogP contribution in [0.15, 0.2) is 53.4 Å². The maximum Gasteiger partial charge on any atom is 0.316 e. The van der Waals surface area contributed by atoms with Gasteiger partial charge in [-0.2, -0.15) is 5.10 Å². The number of Topliss-reactive ketones (excluding diaryl/α,β-unsaturated/α-hetero) is 1. The first kappa shape index (κ1) is 34.0.